The van der Waals surface area contributed by atoms with E-state index < -0.39 is 0 Å². The number of para-hydroxylation sites is 4. The lowest BCUT2D eigenvalue weighted by Gasteiger charge is -2.25. The summed E-state index contributed by atoms with van der Waals surface area (Å²) in [5.74, 6) is 0. The molecule has 0 amide bonds. The van der Waals surface area contributed by atoms with Crippen LogP contribution >= 0.6 is 0 Å². The third-order valence-corrected chi connectivity index (χ3v) is 30.5. The molecule has 0 aliphatic rings. The van der Waals surface area contributed by atoms with Crippen molar-refractivity contribution in [1.29, 1.82) is 0 Å². The molecule has 0 spiro atoms. The van der Waals surface area contributed by atoms with Crippen LogP contribution in [0.3, 0.4) is 0 Å². The average molecular weight is 1810 g/mol. The van der Waals surface area contributed by atoms with Crippen molar-refractivity contribution in [2.75, 3.05) is 0 Å². The highest BCUT2D eigenvalue weighted by atomic mass is 15.0. The molecule has 4 heteroatoms. The Balaban J connectivity index is 0.000000159. The molecular weight excluding hydrogens is 1690 g/mol. The first-order valence-electron chi connectivity index (χ1n) is 50.5. The van der Waals surface area contributed by atoms with E-state index in [4.69, 9.17) is 0 Å². The molecule has 24 aromatic rings. The summed E-state index contributed by atoms with van der Waals surface area (Å²) < 4.78 is 9.69. The van der Waals surface area contributed by atoms with E-state index in [0.717, 1.165) is 26.2 Å². The van der Waals surface area contributed by atoms with Gasteiger partial charge in [0.2, 0.25) is 0 Å². The largest absolute Gasteiger partial charge is 0.341 e. The fourth-order valence-electron chi connectivity index (χ4n) is 22.9. The van der Waals surface area contributed by atoms with Crippen molar-refractivity contribution in [2.24, 2.45) is 0 Å². The SMILES string of the molecule is CCn1c2ccccc2c2cc(-c3ccc(-c4c5ccc(C(C)(C)C)cc5c(-c5ccc(-c6ccc7c(c6)c6ccccc6n7CC)cc5)c5ccc(C(C)(C)C)cc45)cc3)ccc21.CCn1c2ccccc2c2cc(-c3ccc(-c4ccc(-c5c6ccc(C(C)(C)C)cc6c(-c6ccc(-c7ccc(-c8ccc9c(c8)c8ccccc8n9CC)cc7)cc6)c6ccc(C(C)(C)C)cc56)cc4)cc3)ccc21. The normalized spacial score (nSPS) is 12.4. The number of nitrogens with zero attached hydrogens (tertiary/aromatic N) is 4. The van der Waals surface area contributed by atoms with Crippen LogP contribution in [0.25, 0.3) is 242 Å². The van der Waals surface area contributed by atoms with Crippen molar-refractivity contribution in [3.63, 3.8) is 0 Å². The van der Waals surface area contributed by atoms with E-state index in [1.807, 2.05) is 0 Å². The van der Waals surface area contributed by atoms with Crippen molar-refractivity contribution in [1.82, 2.24) is 18.3 Å². The van der Waals surface area contributed by atoms with E-state index in [-0.39, 0.29) is 21.7 Å². The summed E-state index contributed by atoms with van der Waals surface area (Å²) in [5, 5.41) is 20.8. The number of hydrogen-bond acceptors (Lipinski definition) is 0. The van der Waals surface area contributed by atoms with Gasteiger partial charge in [-0.15, -0.1) is 0 Å². The summed E-state index contributed by atoms with van der Waals surface area (Å²) in [5.41, 5.74) is 40.4. The zero-order valence-corrected chi connectivity index (χ0v) is 83.6. The van der Waals surface area contributed by atoms with Gasteiger partial charge < -0.3 is 18.3 Å². The Bertz CT molecular complexity index is 8510. The van der Waals surface area contributed by atoms with Crippen LogP contribution in [-0.4, -0.2) is 18.3 Å². The van der Waals surface area contributed by atoms with E-state index in [1.165, 1.54) is 264 Å². The molecule has 0 saturated heterocycles. The molecule has 0 saturated carbocycles. The molecule has 0 aliphatic heterocycles. The van der Waals surface area contributed by atoms with Crippen molar-refractivity contribution < 1.29 is 0 Å². The van der Waals surface area contributed by atoms with Gasteiger partial charge in [-0.25, -0.2) is 0 Å². The van der Waals surface area contributed by atoms with Crippen molar-refractivity contribution in [3.05, 3.63) is 411 Å². The summed E-state index contributed by atoms with van der Waals surface area (Å²) in [7, 11) is 0. The smallest absolute Gasteiger partial charge is 0.0491 e. The van der Waals surface area contributed by atoms with E-state index in [1.54, 1.807) is 0 Å². The molecule has 20 aromatic carbocycles. The molecule has 0 N–H and O–H groups in total. The van der Waals surface area contributed by atoms with Gasteiger partial charge in [-0.1, -0.05) is 374 Å². The predicted octanol–water partition coefficient (Wildman–Crippen LogP) is 38.4. The van der Waals surface area contributed by atoms with E-state index >= 15 is 0 Å². The van der Waals surface area contributed by atoms with E-state index in [2.05, 4.69) is 517 Å². The maximum Gasteiger partial charge on any atom is 0.0491 e. The molecule has 0 fully saturated rings. The van der Waals surface area contributed by atoms with Crippen molar-refractivity contribution >= 4 is 130 Å². The van der Waals surface area contributed by atoms with Crippen LogP contribution in [0.15, 0.2) is 388 Å². The lowest BCUT2D eigenvalue weighted by atomic mass is 9.79. The minimum Gasteiger partial charge on any atom is -0.341 e. The Hall–Kier alpha value is -15.4. The van der Waals surface area contributed by atoms with Gasteiger partial charge in [-0.2, -0.15) is 0 Å². The highest BCUT2D eigenvalue weighted by Crippen LogP contribution is 2.51. The molecule has 0 unspecified atom stereocenters. The van der Waals surface area contributed by atoms with Gasteiger partial charge in [0.15, 0.2) is 0 Å². The first kappa shape index (κ1) is 88.6. The molecule has 684 valence electrons. The molecule has 0 radical (unpaired) electrons. The van der Waals surface area contributed by atoms with Crippen LogP contribution < -0.4 is 0 Å². The molecule has 4 nitrogen and oxygen atoms in total. The second kappa shape index (κ2) is 34.4. The van der Waals surface area contributed by atoms with Crippen molar-refractivity contribution in [2.45, 2.75) is 159 Å². The summed E-state index contributed by atoms with van der Waals surface area (Å²) in [6, 6.07) is 148. The average Bonchev–Trinajstić information content (AvgIpc) is 1.13. The first-order valence-corrected chi connectivity index (χ1v) is 50.5. The Morgan fingerprint density at radius 1 is 0.136 bits per heavy atom. The Morgan fingerprint density at radius 2 is 0.293 bits per heavy atom. The number of benzene rings is 20. The Kier molecular flexibility index (Phi) is 21.7. The van der Waals surface area contributed by atoms with Crippen LogP contribution in [0.5, 0.6) is 0 Å². The molecule has 140 heavy (non-hydrogen) atoms. The molecule has 4 heterocycles. The highest BCUT2D eigenvalue weighted by Gasteiger charge is 2.28. The Morgan fingerprint density at radius 3 is 0.471 bits per heavy atom. The second-order valence-electron chi connectivity index (χ2n) is 43.0. The van der Waals surface area contributed by atoms with Crippen LogP contribution in [-0.2, 0) is 47.8 Å². The summed E-state index contributed by atoms with van der Waals surface area (Å²) in [6.07, 6.45) is 0. The summed E-state index contributed by atoms with van der Waals surface area (Å²) >= 11 is 0. The molecular formula is C136H120N4. The minimum absolute atomic E-state index is 0.00768. The maximum atomic E-state index is 2.48. The van der Waals surface area contributed by atoms with Gasteiger partial charge >= 0.3 is 0 Å². The third kappa shape index (κ3) is 15.3. The van der Waals surface area contributed by atoms with Crippen LogP contribution in [0.1, 0.15) is 133 Å². The fourth-order valence-corrected chi connectivity index (χ4v) is 22.9. The van der Waals surface area contributed by atoms with Crippen LogP contribution in [0.4, 0.5) is 0 Å². The van der Waals surface area contributed by atoms with Crippen LogP contribution in [0.2, 0.25) is 0 Å². The summed E-state index contributed by atoms with van der Waals surface area (Å²) in [6.45, 7) is 40.6. The van der Waals surface area contributed by atoms with Gasteiger partial charge in [-0.3, -0.25) is 0 Å². The maximum absolute atomic E-state index is 2.48. The minimum atomic E-state index is -0.0216. The third-order valence-electron chi connectivity index (χ3n) is 30.5. The van der Waals surface area contributed by atoms with Gasteiger partial charge in [0.05, 0.1) is 0 Å². The van der Waals surface area contributed by atoms with Gasteiger partial charge in [0.25, 0.3) is 0 Å². The zero-order valence-electron chi connectivity index (χ0n) is 83.6. The predicted molar refractivity (Wildman–Crippen MR) is 607 cm³/mol. The molecule has 4 aromatic heterocycles. The highest BCUT2D eigenvalue weighted by molar-refractivity contribution is 6.24. The number of rotatable bonds is 14. The molecule has 0 bridgehead atoms. The quantitative estimate of drug-likeness (QED) is 0.0967. The fraction of sp³-hybridized carbons (Fsp3) is 0.176. The number of hydrogen-bond donors (Lipinski definition) is 0. The monoisotopic (exact) mass is 1810 g/mol. The molecule has 24 rings (SSSR count). The van der Waals surface area contributed by atoms with E-state index in [0.29, 0.717) is 0 Å². The van der Waals surface area contributed by atoms with Gasteiger partial charge in [0, 0.05) is 113 Å². The number of aryl methyl sites for hydroxylation is 4. The molecule has 0 aliphatic carbocycles. The van der Waals surface area contributed by atoms with Gasteiger partial charge in [-0.05, 0) is 323 Å². The molecule has 0 atom stereocenters. The topological polar surface area (TPSA) is 19.7 Å². The second-order valence-corrected chi connectivity index (χ2v) is 43.0. The lowest BCUT2D eigenvalue weighted by molar-refractivity contribution is 0.590. The summed E-state index contributed by atoms with van der Waals surface area (Å²) in [4.78, 5) is 0. The zero-order chi connectivity index (χ0) is 96.1. The lowest BCUT2D eigenvalue weighted by Crippen LogP contribution is -2.11. The first-order chi connectivity index (χ1) is 67.7. The van der Waals surface area contributed by atoms with Crippen LogP contribution in [0, 0.1) is 0 Å². The van der Waals surface area contributed by atoms with E-state index in [9.17, 15) is 0 Å². The number of fused-ring (bicyclic) bond motifs is 16. The van der Waals surface area contributed by atoms with Crippen molar-refractivity contribution in [3.8, 4) is 111 Å². The van der Waals surface area contributed by atoms with Gasteiger partial charge in [0.1, 0.15) is 0 Å². The number of aromatic nitrogens is 4. The Labute approximate surface area is 823 Å². The standard InChI is InChI=1S/C74H64N2.C62H56N2/c1-9-75-67-17-13-11-15-59(67)63-43-55(35-41-69(63)75)51-23-19-47(20-24-51)49-27-31-53(32-28-49)71-61-39-37-58(74(6,7)8)46-66(61)72(62-40-38-57(45-65(62)71)73(3,4)5)54-33-29-50(30-34-54)48-21-25-52(26-22-48)56-36-42-70-64(44-56)60-16-12-14-18-68(60)76(70)10-2;1-9-63-55-17-13-11-15-47(55)51-35-43(27-33-57(51)63)39-19-23-41(24-20-39)59-49-31-29-46(62(6,7)8)38-54(49)60(50-32-30-45(37-53(50)59)61(3,4)5)42-25-21-40(22-26-42)44-28-34-58-52(36-44)48-16-12-14-18-56(48)64(58)10-2/h11-46H,9-10H2,1-8H3;11-38H,9-10H2,1-8H3.